The molecule has 4 aromatic rings. The molecule has 0 bridgehead atoms. The van der Waals surface area contributed by atoms with Crippen molar-refractivity contribution >= 4 is 33.8 Å². The Kier molecular flexibility index (Phi) is 5.27. The highest BCUT2D eigenvalue weighted by Gasteiger charge is 2.12. The fourth-order valence-electron chi connectivity index (χ4n) is 2.45. The van der Waals surface area contributed by atoms with E-state index in [0.29, 0.717) is 16.8 Å². The molecule has 5 nitrogen and oxygen atoms in total. The predicted molar refractivity (Wildman–Crippen MR) is 109 cm³/mol. The molecule has 27 heavy (non-hydrogen) atoms. The van der Waals surface area contributed by atoms with E-state index >= 15 is 0 Å². The minimum atomic E-state index is 0.466. The highest BCUT2D eigenvalue weighted by Crippen LogP contribution is 2.34. The van der Waals surface area contributed by atoms with Crippen molar-refractivity contribution in [3.63, 3.8) is 0 Å². The molecule has 0 aliphatic heterocycles. The SMILES string of the molecule is Clc1ccc(Nc2nnc(-c3ccccc3OCc3ccncc3)s2)cc1. The van der Waals surface area contributed by atoms with Crippen LogP contribution in [0.5, 0.6) is 5.75 Å². The number of pyridine rings is 1. The van der Waals surface area contributed by atoms with E-state index in [9.17, 15) is 0 Å². The molecule has 1 N–H and O–H groups in total. The Morgan fingerprint density at radius 2 is 1.70 bits per heavy atom. The van der Waals surface area contributed by atoms with Gasteiger partial charge in [-0.2, -0.15) is 0 Å². The van der Waals surface area contributed by atoms with Gasteiger partial charge < -0.3 is 10.1 Å². The van der Waals surface area contributed by atoms with Crippen LogP contribution in [0.1, 0.15) is 5.56 Å². The third kappa shape index (κ3) is 4.42. The number of anilines is 2. The van der Waals surface area contributed by atoms with Crippen LogP contribution in [-0.4, -0.2) is 15.2 Å². The summed E-state index contributed by atoms with van der Waals surface area (Å²) in [6.45, 7) is 0.466. The minimum absolute atomic E-state index is 0.466. The van der Waals surface area contributed by atoms with Crippen LogP contribution in [0.4, 0.5) is 10.8 Å². The van der Waals surface area contributed by atoms with E-state index in [4.69, 9.17) is 16.3 Å². The van der Waals surface area contributed by atoms with Crippen molar-refractivity contribution in [1.29, 1.82) is 0 Å². The lowest BCUT2D eigenvalue weighted by molar-refractivity contribution is 0.307. The molecule has 2 aromatic heterocycles. The molecule has 0 unspecified atom stereocenters. The van der Waals surface area contributed by atoms with Crippen molar-refractivity contribution in [3.05, 3.63) is 83.6 Å². The summed E-state index contributed by atoms with van der Waals surface area (Å²) in [4.78, 5) is 4.02. The van der Waals surface area contributed by atoms with Crippen molar-refractivity contribution in [3.8, 4) is 16.3 Å². The standard InChI is InChI=1S/C20H15ClN4OS/c21-15-5-7-16(8-6-15)23-20-25-24-19(27-20)17-3-1-2-4-18(17)26-13-14-9-11-22-12-10-14/h1-12H,13H2,(H,23,25). The molecular formula is C20H15ClN4OS. The Balaban J connectivity index is 1.52. The van der Waals surface area contributed by atoms with E-state index in [1.165, 1.54) is 11.3 Å². The van der Waals surface area contributed by atoms with E-state index in [1.54, 1.807) is 12.4 Å². The molecule has 134 valence electrons. The first-order chi connectivity index (χ1) is 13.3. The van der Waals surface area contributed by atoms with Crippen molar-refractivity contribution < 1.29 is 4.74 Å². The van der Waals surface area contributed by atoms with E-state index < -0.39 is 0 Å². The van der Waals surface area contributed by atoms with Gasteiger partial charge in [-0.15, -0.1) is 10.2 Å². The van der Waals surface area contributed by atoms with Crippen molar-refractivity contribution in [2.75, 3.05) is 5.32 Å². The maximum Gasteiger partial charge on any atom is 0.210 e. The Morgan fingerprint density at radius 1 is 0.926 bits per heavy atom. The van der Waals surface area contributed by atoms with Gasteiger partial charge in [-0.05, 0) is 54.1 Å². The zero-order valence-electron chi connectivity index (χ0n) is 14.2. The van der Waals surface area contributed by atoms with Crippen molar-refractivity contribution in [1.82, 2.24) is 15.2 Å². The van der Waals surface area contributed by atoms with E-state index in [1.807, 2.05) is 60.7 Å². The normalized spacial score (nSPS) is 10.6. The van der Waals surface area contributed by atoms with Crippen molar-refractivity contribution in [2.45, 2.75) is 6.61 Å². The molecule has 0 radical (unpaired) electrons. The van der Waals surface area contributed by atoms with Gasteiger partial charge in [-0.1, -0.05) is 35.1 Å². The number of halogens is 1. The average molecular weight is 395 g/mol. The van der Waals surface area contributed by atoms with Gasteiger partial charge in [-0.3, -0.25) is 4.98 Å². The van der Waals surface area contributed by atoms with Crippen LogP contribution in [0.25, 0.3) is 10.6 Å². The smallest absolute Gasteiger partial charge is 0.210 e. The van der Waals surface area contributed by atoms with Gasteiger partial charge in [0.25, 0.3) is 0 Å². The highest BCUT2D eigenvalue weighted by atomic mass is 35.5. The van der Waals surface area contributed by atoms with Crippen LogP contribution in [0.3, 0.4) is 0 Å². The quantitative estimate of drug-likeness (QED) is 0.462. The molecule has 0 spiro atoms. The summed E-state index contributed by atoms with van der Waals surface area (Å²) < 4.78 is 5.99. The van der Waals surface area contributed by atoms with E-state index in [0.717, 1.165) is 27.6 Å². The van der Waals surface area contributed by atoms with Gasteiger partial charge in [0.1, 0.15) is 12.4 Å². The summed E-state index contributed by atoms with van der Waals surface area (Å²) in [7, 11) is 0. The molecule has 0 amide bonds. The van der Waals surface area contributed by atoms with Crippen LogP contribution in [0, 0.1) is 0 Å². The van der Waals surface area contributed by atoms with Crippen LogP contribution >= 0.6 is 22.9 Å². The molecule has 0 aliphatic carbocycles. The maximum atomic E-state index is 5.99. The molecule has 2 aromatic carbocycles. The maximum absolute atomic E-state index is 5.99. The van der Waals surface area contributed by atoms with Gasteiger partial charge in [0.05, 0.1) is 5.56 Å². The second-order valence-corrected chi connectivity index (χ2v) is 7.10. The number of nitrogens with zero attached hydrogens (tertiary/aromatic N) is 3. The fourth-order valence-corrected chi connectivity index (χ4v) is 3.37. The first-order valence-electron chi connectivity index (χ1n) is 8.25. The number of nitrogens with one attached hydrogen (secondary N) is 1. The summed E-state index contributed by atoms with van der Waals surface area (Å²) >= 11 is 7.38. The van der Waals surface area contributed by atoms with Crippen LogP contribution in [0.15, 0.2) is 73.1 Å². The average Bonchev–Trinajstić information content (AvgIpc) is 3.17. The highest BCUT2D eigenvalue weighted by molar-refractivity contribution is 7.18. The first kappa shape index (κ1) is 17.5. The number of rotatable bonds is 6. The molecule has 0 atom stereocenters. The second kappa shape index (κ2) is 8.16. The van der Waals surface area contributed by atoms with Gasteiger partial charge in [0.2, 0.25) is 5.13 Å². The Bertz CT molecular complexity index is 1020. The predicted octanol–water partition coefficient (Wildman–Crippen LogP) is 5.58. The van der Waals surface area contributed by atoms with Gasteiger partial charge >= 0.3 is 0 Å². The molecular weight excluding hydrogens is 380 g/mol. The molecule has 0 aliphatic rings. The second-order valence-electron chi connectivity index (χ2n) is 5.68. The number of para-hydroxylation sites is 1. The zero-order chi connectivity index (χ0) is 18.5. The van der Waals surface area contributed by atoms with Crippen LogP contribution in [-0.2, 0) is 6.61 Å². The number of benzene rings is 2. The number of aromatic nitrogens is 3. The topological polar surface area (TPSA) is 59.9 Å². The van der Waals surface area contributed by atoms with E-state index in [2.05, 4.69) is 20.5 Å². The lowest BCUT2D eigenvalue weighted by Crippen LogP contribution is -1.96. The fraction of sp³-hybridized carbons (Fsp3) is 0.0500. The number of hydrogen-bond donors (Lipinski definition) is 1. The minimum Gasteiger partial charge on any atom is -0.488 e. The zero-order valence-corrected chi connectivity index (χ0v) is 15.7. The first-order valence-corrected chi connectivity index (χ1v) is 9.44. The third-order valence-corrected chi connectivity index (χ3v) is 4.91. The van der Waals surface area contributed by atoms with Crippen LogP contribution in [0.2, 0.25) is 5.02 Å². The Morgan fingerprint density at radius 3 is 2.52 bits per heavy atom. The molecule has 2 heterocycles. The monoisotopic (exact) mass is 394 g/mol. The molecule has 4 rings (SSSR count). The summed E-state index contributed by atoms with van der Waals surface area (Å²) in [6.07, 6.45) is 3.51. The Hall–Kier alpha value is -2.96. The largest absolute Gasteiger partial charge is 0.488 e. The van der Waals surface area contributed by atoms with E-state index in [-0.39, 0.29) is 0 Å². The summed E-state index contributed by atoms with van der Waals surface area (Å²) in [5, 5.41) is 14.0. The molecule has 7 heteroatoms. The third-order valence-electron chi connectivity index (χ3n) is 3.78. The molecule has 0 saturated heterocycles. The molecule has 0 saturated carbocycles. The lowest BCUT2D eigenvalue weighted by atomic mass is 10.2. The molecule has 0 fully saturated rings. The van der Waals surface area contributed by atoms with Crippen molar-refractivity contribution in [2.24, 2.45) is 0 Å². The summed E-state index contributed by atoms with van der Waals surface area (Å²) in [5.74, 6) is 0.767. The van der Waals surface area contributed by atoms with Crippen LogP contribution < -0.4 is 10.1 Å². The summed E-state index contributed by atoms with van der Waals surface area (Å²) in [6, 6.07) is 19.1. The van der Waals surface area contributed by atoms with Gasteiger partial charge in [0.15, 0.2) is 5.01 Å². The van der Waals surface area contributed by atoms with Gasteiger partial charge in [-0.25, -0.2) is 0 Å². The number of ether oxygens (including phenoxy) is 1. The lowest BCUT2D eigenvalue weighted by Gasteiger charge is -2.09. The number of hydrogen-bond acceptors (Lipinski definition) is 6. The summed E-state index contributed by atoms with van der Waals surface area (Å²) in [5.41, 5.74) is 2.87. The Labute approximate surface area is 165 Å². The van der Waals surface area contributed by atoms with Gasteiger partial charge in [0, 0.05) is 23.1 Å².